The van der Waals surface area contributed by atoms with Gasteiger partial charge in [0.25, 0.3) is 0 Å². The van der Waals surface area contributed by atoms with Crippen LogP contribution in [0.15, 0.2) is 10.6 Å². The second-order valence-corrected chi connectivity index (χ2v) is 4.78. The molecule has 6 heteroatoms. The third kappa shape index (κ3) is 4.24. The molecule has 6 nitrogen and oxygen atoms in total. The first-order valence-corrected chi connectivity index (χ1v) is 6.74. The van der Waals surface area contributed by atoms with Gasteiger partial charge in [0.05, 0.1) is 19.3 Å². The Morgan fingerprint density at radius 1 is 1.58 bits per heavy atom. The molecule has 1 aliphatic heterocycles. The number of aryl methyl sites for hydroxylation is 1. The van der Waals surface area contributed by atoms with Gasteiger partial charge >= 0.3 is 6.09 Å². The van der Waals surface area contributed by atoms with Gasteiger partial charge < -0.3 is 14.5 Å². The highest BCUT2D eigenvalue weighted by atomic mass is 16.5. The summed E-state index contributed by atoms with van der Waals surface area (Å²) < 4.78 is 10.3. The van der Waals surface area contributed by atoms with E-state index in [9.17, 15) is 4.79 Å². The number of rotatable bonds is 4. The minimum Gasteiger partial charge on any atom is -0.450 e. The number of nitrogens with zero attached hydrogens (tertiary/aromatic N) is 2. The fraction of sp³-hybridized carbons (Fsp3) is 0.692. The molecule has 2 rings (SSSR count). The quantitative estimate of drug-likeness (QED) is 0.899. The summed E-state index contributed by atoms with van der Waals surface area (Å²) in [5.41, 5.74) is 0. The highest BCUT2D eigenvalue weighted by molar-refractivity contribution is 5.67. The van der Waals surface area contributed by atoms with Crippen LogP contribution < -0.4 is 5.32 Å². The normalized spacial score (nSPS) is 17.4. The van der Waals surface area contributed by atoms with E-state index in [0.717, 1.165) is 44.1 Å². The second-order valence-electron chi connectivity index (χ2n) is 4.78. The third-order valence-corrected chi connectivity index (χ3v) is 3.21. The summed E-state index contributed by atoms with van der Waals surface area (Å²) in [6.45, 7) is 6.71. The topological polar surface area (TPSA) is 67.6 Å². The first kappa shape index (κ1) is 13.9. The maximum absolute atomic E-state index is 11.3. The Bertz CT molecular complexity index is 411. The van der Waals surface area contributed by atoms with Gasteiger partial charge in [-0.25, -0.2) is 9.78 Å². The Balaban J connectivity index is 1.71. The predicted octanol–water partition coefficient (Wildman–Crippen LogP) is 1.69. The number of hydrogen-bond donors (Lipinski definition) is 1. The molecule has 1 fully saturated rings. The van der Waals surface area contributed by atoms with Crippen molar-refractivity contribution in [3.05, 3.63) is 17.8 Å². The highest BCUT2D eigenvalue weighted by Gasteiger charge is 2.21. The van der Waals surface area contributed by atoms with Gasteiger partial charge in [0.1, 0.15) is 5.76 Å². The molecular formula is C13H21N3O3. The van der Waals surface area contributed by atoms with Gasteiger partial charge in [-0.15, -0.1) is 0 Å². The smallest absolute Gasteiger partial charge is 0.407 e. The van der Waals surface area contributed by atoms with Crippen LogP contribution in [0.25, 0.3) is 0 Å². The number of carbonyl (C=O) groups is 1. The molecule has 0 aliphatic carbocycles. The van der Waals surface area contributed by atoms with E-state index < -0.39 is 0 Å². The largest absolute Gasteiger partial charge is 0.450 e. The van der Waals surface area contributed by atoms with Crippen molar-refractivity contribution in [2.24, 2.45) is 0 Å². The van der Waals surface area contributed by atoms with Crippen LogP contribution in [0.3, 0.4) is 0 Å². The monoisotopic (exact) mass is 267 g/mol. The number of hydrogen-bond acceptors (Lipinski definition) is 5. The summed E-state index contributed by atoms with van der Waals surface area (Å²) in [7, 11) is 0. The summed E-state index contributed by atoms with van der Waals surface area (Å²) in [5, 5.41) is 2.88. The number of carbonyl (C=O) groups excluding carboxylic acids is 1. The number of oxazole rings is 1. The molecule has 19 heavy (non-hydrogen) atoms. The average Bonchev–Trinajstić information content (AvgIpc) is 2.78. The zero-order valence-corrected chi connectivity index (χ0v) is 11.5. The van der Waals surface area contributed by atoms with E-state index in [1.165, 1.54) is 0 Å². The van der Waals surface area contributed by atoms with Crippen LogP contribution in [0.2, 0.25) is 0 Å². The lowest BCUT2D eigenvalue weighted by atomic mass is 10.1. The lowest BCUT2D eigenvalue weighted by Crippen LogP contribution is -2.44. The molecule has 0 unspecified atom stereocenters. The molecule has 106 valence electrons. The molecule has 1 aromatic heterocycles. The number of alkyl carbamates (subject to hydrolysis) is 1. The first-order valence-electron chi connectivity index (χ1n) is 6.74. The van der Waals surface area contributed by atoms with Crippen molar-refractivity contribution in [2.45, 2.75) is 39.3 Å². The Hall–Kier alpha value is -1.56. The van der Waals surface area contributed by atoms with Gasteiger partial charge in [-0.1, -0.05) is 0 Å². The fourth-order valence-corrected chi connectivity index (χ4v) is 2.24. The van der Waals surface area contributed by atoms with Gasteiger partial charge in [-0.05, 0) is 26.7 Å². The standard InChI is InChI=1S/C13H21N3O3/c1-3-18-13(17)15-11-4-6-16(7-5-11)9-12-14-8-10(2)19-12/h8,11H,3-7,9H2,1-2H3,(H,15,17). The SMILES string of the molecule is CCOC(=O)NC1CCN(Cc2ncc(C)o2)CC1. The van der Waals surface area contributed by atoms with E-state index in [4.69, 9.17) is 9.15 Å². The van der Waals surface area contributed by atoms with Crippen molar-refractivity contribution in [1.29, 1.82) is 0 Å². The van der Waals surface area contributed by atoms with E-state index in [2.05, 4.69) is 15.2 Å². The molecule has 2 heterocycles. The fourth-order valence-electron chi connectivity index (χ4n) is 2.24. The molecule has 0 bridgehead atoms. The molecule has 1 aromatic rings. The zero-order valence-electron chi connectivity index (χ0n) is 11.5. The molecule has 0 aromatic carbocycles. The summed E-state index contributed by atoms with van der Waals surface area (Å²) in [6.07, 6.45) is 3.28. The van der Waals surface area contributed by atoms with Gasteiger partial charge in [0.2, 0.25) is 5.89 Å². The van der Waals surface area contributed by atoms with Crippen LogP contribution in [0.4, 0.5) is 4.79 Å². The Kier molecular flexibility index (Phi) is 4.79. The van der Waals surface area contributed by atoms with Crippen molar-refractivity contribution in [3.63, 3.8) is 0 Å². The van der Waals surface area contributed by atoms with Crippen LogP contribution >= 0.6 is 0 Å². The average molecular weight is 267 g/mol. The van der Waals surface area contributed by atoms with Crippen molar-refractivity contribution in [3.8, 4) is 0 Å². The molecule has 1 amide bonds. The van der Waals surface area contributed by atoms with Crippen LogP contribution in [0.5, 0.6) is 0 Å². The number of aromatic nitrogens is 1. The first-order chi connectivity index (χ1) is 9.17. The van der Waals surface area contributed by atoms with Crippen LogP contribution in [-0.2, 0) is 11.3 Å². The number of amides is 1. The molecule has 1 aliphatic rings. The molecule has 0 radical (unpaired) electrons. The maximum Gasteiger partial charge on any atom is 0.407 e. The Morgan fingerprint density at radius 3 is 2.89 bits per heavy atom. The van der Waals surface area contributed by atoms with E-state index in [0.29, 0.717) is 6.61 Å². The van der Waals surface area contributed by atoms with E-state index in [-0.39, 0.29) is 12.1 Å². The van der Waals surface area contributed by atoms with Crippen molar-refractivity contribution >= 4 is 6.09 Å². The van der Waals surface area contributed by atoms with Crippen LogP contribution in [0.1, 0.15) is 31.4 Å². The Labute approximate surface area is 113 Å². The summed E-state index contributed by atoms with van der Waals surface area (Å²) in [4.78, 5) is 17.8. The lowest BCUT2D eigenvalue weighted by Gasteiger charge is -2.31. The van der Waals surface area contributed by atoms with Crippen LogP contribution in [0, 0.1) is 6.92 Å². The summed E-state index contributed by atoms with van der Waals surface area (Å²) >= 11 is 0. The number of nitrogens with one attached hydrogen (secondary N) is 1. The second kappa shape index (κ2) is 6.56. The van der Waals surface area contributed by atoms with Gasteiger partial charge in [0.15, 0.2) is 0 Å². The third-order valence-electron chi connectivity index (χ3n) is 3.21. The summed E-state index contributed by atoms with van der Waals surface area (Å²) in [5.74, 6) is 1.60. The molecular weight excluding hydrogens is 246 g/mol. The van der Waals surface area contributed by atoms with E-state index >= 15 is 0 Å². The minimum absolute atomic E-state index is 0.210. The number of ether oxygens (including phenoxy) is 1. The molecule has 0 spiro atoms. The van der Waals surface area contributed by atoms with E-state index in [1.807, 2.05) is 6.92 Å². The number of piperidine rings is 1. The molecule has 1 saturated heterocycles. The van der Waals surface area contributed by atoms with Gasteiger partial charge in [0, 0.05) is 19.1 Å². The van der Waals surface area contributed by atoms with Crippen molar-refractivity contribution < 1.29 is 13.9 Å². The van der Waals surface area contributed by atoms with Crippen molar-refractivity contribution in [1.82, 2.24) is 15.2 Å². The van der Waals surface area contributed by atoms with Gasteiger partial charge in [-0.2, -0.15) is 0 Å². The van der Waals surface area contributed by atoms with Crippen LogP contribution in [-0.4, -0.2) is 41.7 Å². The molecule has 0 atom stereocenters. The molecule has 1 N–H and O–H groups in total. The molecule has 0 saturated carbocycles. The minimum atomic E-state index is -0.315. The van der Waals surface area contributed by atoms with E-state index in [1.54, 1.807) is 13.1 Å². The zero-order chi connectivity index (χ0) is 13.7. The lowest BCUT2D eigenvalue weighted by molar-refractivity contribution is 0.133. The Morgan fingerprint density at radius 2 is 2.32 bits per heavy atom. The highest BCUT2D eigenvalue weighted by Crippen LogP contribution is 2.14. The number of likely N-dealkylation sites (tertiary alicyclic amines) is 1. The maximum atomic E-state index is 11.3. The predicted molar refractivity (Wildman–Crippen MR) is 69.7 cm³/mol. The summed E-state index contributed by atoms with van der Waals surface area (Å²) in [6, 6.07) is 0.210. The van der Waals surface area contributed by atoms with Crippen molar-refractivity contribution in [2.75, 3.05) is 19.7 Å². The van der Waals surface area contributed by atoms with Gasteiger partial charge in [-0.3, -0.25) is 4.90 Å².